The lowest BCUT2D eigenvalue weighted by molar-refractivity contribution is 0.171. The van der Waals surface area contributed by atoms with Gasteiger partial charge in [0.1, 0.15) is 19.0 Å². The lowest BCUT2D eigenvalue weighted by Gasteiger charge is -2.19. The molecule has 0 spiro atoms. The number of hydrogen-bond donors (Lipinski definition) is 1. The SMILES string of the molecule is Cc1nccn1Cc1ccc(NCc2ccc3c(c2)OCCO3)cc1. The number of anilines is 1. The predicted molar refractivity (Wildman–Crippen MR) is 97.3 cm³/mol. The smallest absolute Gasteiger partial charge is 0.161 e. The molecule has 3 aromatic rings. The first-order chi connectivity index (χ1) is 12.3. The molecule has 1 aliphatic rings. The summed E-state index contributed by atoms with van der Waals surface area (Å²) in [5.74, 6) is 2.69. The van der Waals surface area contributed by atoms with Crippen LogP contribution in [0.5, 0.6) is 11.5 Å². The van der Waals surface area contributed by atoms with Gasteiger partial charge in [-0.3, -0.25) is 0 Å². The van der Waals surface area contributed by atoms with Crippen molar-refractivity contribution >= 4 is 5.69 Å². The normalized spacial score (nSPS) is 12.8. The lowest BCUT2D eigenvalue weighted by atomic mass is 10.1. The summed E-state index contributed by atoms with van der Waals surface area (Å²) in [7, 11) is 0. The van der Waals surface area contributed by atoms with Gasteiger partial charge in [-0.15, -0.1) is 0 Å². The Morgan fingerprint density at radius 3 is 2.52 bits per heavy atom. The van der Waals surface area contributed by atoms with E-state index in [9.17, 15) is 0 Å². The van der Waals surface area contributed by atoms with Gasteiger partial charge in [0.15, 0.2) is 11.5 Å². The molecule has 1 N–H and O–H groups in total. The molecule has 5 heteroatoms. The molecule has 0 unspecified atom stereocenters. The Balaban J connectivity index is 1.37. The second-order valence-electron chi connectivity index (χ2n) is 6.13. The molecular weight excluding hydrogens is 314 g/mol. The van der Waals surface area contributed by atoms with Crippen molar-refractivity contribution < 1.29 is 9.47 Å². The van der Waals surface area contributed by atoms with Crippen LogP contribution >= 0.6 is 0 Å². The molecule has 0 saturated heterocycles. The number of ether oxygens (including phenoxy) is 2. The minimum Gasteiger partial charge on any atom is -0.486 e. The Bertz CT molecular complexity index is 856. The number of nitrogens with one attached hydrogen (secondary N) is 1. The Kier molecular flexibility index (Phi) is 4.29. The summed E-state index contributed by atoms with van der Waals surface area (Å²) in [6, 6.07) is 14.6. The minimum atomic E-state index is 0.613. The minimum absolute atomic E-state index is 0.613. The zero-order valence-corrected chi connectivity index (χ0v) is 14.2. The number of hydrogen-bond acceptors (Lipinski definition) is 4. The molecule has 128 valence electrons. The summed E-state index contributed by atoms with van der Waals surface area (Å²) in [6.45, 7) is 4.84. The van der Waals surface area contributed by atoms with Crippen LogP contribution in [-0.2, 0) is 13.1 Å². The van der Waals surface area contributed by atoms with Crippen molar-refractivity contribution in [2.75, 3.05) is 18.5 Å². The number of aryl methyl sites for hydroxylation is 1. The van der Waals surface area contributed by atoms with E-state index in [0.29, 0.717) is 13.2 Å². The van der Waals surface area contributed by atoms with Crippen molar-refractivity contribution in [2.24, 2.45) is 0 Å². The topological polar surface area (TPSA) is 48.3 Å². The fourth-order valence-corrected chi connectivity index (χ4v) is 2.90. The van der Waals surface area contributed by atoms with E-state index >= 15 is 0 Å². The third-order valence-electron chi connectivity index (χ3n) is 4.33. The first kappa shape index (κ1) is 15.6. The summed E-state index contributed by atoms with van der Waals surface area (Å²) in [6.07, 6.45) is 3.84. The first-order valence-corrected chi connectivity index (χ1v) is 8.47. The van der Waals surface area contributed by atoms with E-state index < -0.39 is 0 Å². The monoisotopic (exact) mass is 335 g/mol. The molecule has 1 aromatic heterocycles. The molecule has 0 bridgehead atoms. The van der Waals surface area contributed by atoms with Gasteiger partial charge in [-0.1, -0.05) is 18.2 Å². The van der Waals surface area contributed by atoms with E-state index in [1.807, 2.05) is 31.5 Å². The number of rotatable bonds is 5. The van der Waals surface area contributed by atoms with E-state index in [-0.39, 0.29) is 0 Å². The second-order valence-corrected chi connectivity index (χ2v) is 6.13. The maximum atomic E-state index is 5.63. The second kappa shape index (κ2) is 6.89. The number of benzene rings is 2. The van der Waals surface area contributed by atoms with Crippen LogP contribution in [0.2, 0.25) is 0 Å². The summed E-state index contributed by atoms with van der Waals surface area (Å²) in [4.78, 5) is 4.26. The molecule has 0 atom stereocenters. The van der Waals surface area contributed by atoms with Gasteiger partial charge in [0.2, 0.25) is 0 Å². The summed E-state index contributed by atoms with van der Waals surface area (Å²) in [5, 5.41) is 3.45. The Hall–Kier alpha value is -2.95. The van der Waals surface area contributed by atoms with Crippen molar-refractivity contribution in [1.82, 2.24) is 9.55 Å². The molecule has 25 heavy (non-hydrogen) atoms. The maximum absolute atomic E-state index is 5.63. The van der Waals surface area contributed by atoms with E-state index in [4.69, 9.17) is 9.47 Å². The van der Waals surface area contributed by atoms with Crippen molar-refractivity contribution in [3.63, 3.8) is 0 Å². The maximum Gasteiger partial charge on any atom is 0.161 e. The molecule has 5 nitrogen and oxygen atoms in total. The van der Waals surface area contributed by atoms with Crippen molar-refractivity contribution in [3.8, 4) is 11.5 Å². The van der Waals surface area contributed by atoms with Crippen LogP contribution in [0.4, 0.5) is 5.69 Å². The predicted octanol–water partition coefficient (Wildman–Crippen LogP) is 3.62. The molecule has 1 aliphatic heterocycles. The number of aromatic nitrogens is 2. The molecule has 0 saturated carbocycles. The van der Waals surface area contributed by atoms with Gasteiger partial charge < -0.3 is 19.4 Å². The van der Waals surface area contributed by atoms with Gasteiger partial charge in [-0.05, 0) is 42.3 Å². The van der Waals surface area contributed by atoms with Crippen LogP contribution in [0.1, 0.15) is 17.0 Å². The van der Waals surface area contributed by atoms with Gasteiger partial charge in [-0.2, -0.15) is 0 Å². The zero-order valence-electron chi connectivity index (χ0n) is 14.2. The van der Waals surface area contributed by atoms with Crippen molar-refractivity contribution in [2.45, 2.75) is 20.0 Å². The van der Waals surface area contributed by atoms with Crippen LogP contribution in [0.3, 0.4) is 0 Å². The highest BCUT2D eigenvalue weighted by atomic mass is 16.6. The third kappa shape index (κ3) is 3.60. The highest BCUT2D eigenvalue weighted by molar-refractivity contribution is 5.48. The number of fused-ring (bicyclic) bond motifs is 1. The van der Waals surface area contributed by atoms with E-state index in [0.717, 1.165) is 36.1 Å². The van der Waals surface area contributed by atoms with Gasteiger partial charge >= 0.3 is 0 Å². The van der Waals surface area contributed by atoms with Gasteiger partial charge in [-0.25, -0.2) is 4.98 Å². The molecule has 2 aromatic carbocycles. The van der Waals surface area contributed by atoms with Gasteiger partial charge in [0.05, 0.1) is 0 Å². The fraction of sp³-hybridized carbons (Fsp3) is 0.250. The first-order valence-electron chi connectivity index (χ1n) is 8.47. The summed E-state index contributed by atoms with van der Waals surface area (Å²) in [5.41, 5.74) is 3.52. The Morgan fingerprint density at radius 1 is 1.00 bits per heavy atom. The fourth-order valence-electron chi connectivity index (χ4n) is 2.90. The van der Waals surface area contributed by atoms with Crippen LogP contribution in [0.25, 0.3) is 0 Å². The highest BCUT2D eigenvalue weighted by Gasteiger charge is 2.11. The van der Waals surface area contributed by atoms with Crippen LogP contribution in [0.15, 0.2) is 54.9 Å². The third-order valence-corrected chi connectivity index (χ3v) is 4.33. The van der Waals surface area contributed by atoms with Crippen molar-refractivity contribution in [1.29, 1.82) is 0 Å². The molecule has 0 radical (unpaired) electrons. The van der Waals surface area contributed by atoms with Crippen LogP contribution in [-0.4, -0.2) is 22.8 Å². The molecule has 4 rings (SSSR count). The van der Waals surface area contributed by atoms with E-state index in [2.05, 4.69) is 45.2 Å². The summed E-state index contributed by atoms with van der Waals surface area (Å²) < 4.78 is 13.3. The summed E-state index contributed by atoms with van der Waals surface area (Å²) >= 11 is 0. The zero-order chi connectivity index (χ0) is 17.1. The number of imidazole rings is 1. The van der Waals surface area contributed by atoms with Gasteiger partial charge in [0, 0.05) is 31.2 Å². The highest BCUT2D eigenvalue weighted by Crippen LogP contribution is 2.30. The largest absolute Gasteiger partial charge is 0.486 e. The Labute approximate surface area is 147 Å². The quantitative estimate of drug-likeness (QED) is 0.774. The lowest BCUT2D eigenvalue weighted by Crippen LogP contribution is -2.15. The molecule has 0 fully saturated rings. The number of nitrogens with zero attached hydrogens (tertiary/aromatic N) is 2. The molecule has 0 amide bonds. The molecule has 0 aliphatic carbocycles. The molecule has 2 heterocycles. The van der Waals surface area contributed by atoms with Crippen LogP contribution < -0.4 is 14.8 Å². The van der Waals surface area contributed by atoms with Gasteiger partial charge in [0.25, 0.3) is 0 Å². The Morgan fingerprint density at radius 2 is 1.76 bits per heavy atom. The van der Waals surface area contributed by atoms with E-state index in [1.165, 1.54) is 11.1 Å². The standard InChI is InChI=1S/C20H21N3O2/c1-15-21-8-9-23(15)14-16-2-5-18(6-3-16)22-13-17-4-7-19-20(12-17)25-11-10-24-19/h2-9,12,22H,10-11,13-14H2,1H3. The average molecular weight is 335 g/mol. The van der Waals surface area contributed by atoms with Crippen LogP contribution in [0, 0.1) is 6.92 Å². The molecular formula is C20H21N3O2. The van der Waals surface area contributed by atoms with E-state index in [1.54, 1.807) is 0 Å². The van der Waals surface area contributed by atoms with Crippen molar-refractivity contribution in [3.05, 3.63) is 71.8 Å². The average Bonchev–Trinajstić information content (AvgIpc) is 3.06.